The first-order valence-electron chi connectivity index (χ1n) is 7.14. The lowest BCUT2D eigenvalue weighted by molar-refractivity contribution is 0.288. The van der Waals surface area contributed by atoms with Gasteiger partial charge in [0.2, 0.25) is 0 Å². The summed E-state index contributed by atoms with van der Waals surface area (Å²) in [6, 6.07) is 3.80. The van der Waals surface area contributed by atoms with Crippen LogP contribution in [0.15, 0.2) is 12.1 Å². The minimum Gasteiger partial charge on any atom is -0.485 e. The van der Waals surface area contributed by atoms with Crippen molar-refractivity contribution in [1.29, 1.82) is 0 Å². The van der Waals surface area contributed by atoms with E-state index < -0.39 is 0 Å². The Morgan fingerprint density at radius 1 is 1.29 bits per heavy atom. The van der Waals surface area contributed by atoms with Gasteiger partial charge in [-0.1, -0.05) is 18.5 Å². The minimum absolute atomic E-state index is 0.345. The van der Waals surface area contributed by atoms with Gasteiger partial charge in [0.25, 0.3) is 0 Å². The van der Waals surface area contributed by atoms with Gasteiger partial charge in [-0.25, -0.2) is 0 Å². The third kappa shape index (κ3) is 3.36. The first-order valence-corrected chi connectivity index (χ1v) is 7.51. The van der Waals surface area contributed by atoms with Crippen LogP contribution in [0.3, 0.4) is 0 Å². The molecule has 0 bridgehead atoms. The Morgan fingerprint density at radius 2 is 2.05 bits per heavy atom. The average Bonchev–Trinajstić information content (AvgIpc) is 2.81. The molecular formula is C15H21ClN4O. The molecule has 0 aliphatic rings. The van der Waals surface area contributed by atoms with E-state index in [1.165, 1.54) is 0 Å². The maximum Gasteiger partial charge on any atom is 0.142 e. The third-order valence-electron chi connectivity index (χ3n) is 3.32. The molecule has 114 valence electrons. The van der Waals surface area contributed by atoms with Gasteiger partial charge < -0.3 is 10.5 Å². The standard InChI is InChI=1S/C15H21ClN4O/c1-4-11-15(16)13(20(5-2)19-11)9-21-14-7-6-10(3)18-12(14)8-17/h6-7H,4-5,8-9,17H2,1-3H3. The van der Waals surface area contributed by atoms with Crippen LogP contribution >= 0.6 is 11.6 Å². The summed E-state index contributed by atoms with van der Waals surface area (Å²) in [4.78, 5) is 4.38. The van der Waals surface area contributed by atoms with Crippen LogP contribution in [0.25, 0.3) is 0 Å². The van der Waals surface area contributed by atoms with Crippen molar-refractivity contribution < 1.29 is 4.74 Å². The van der Waals surface area contributed by atoms with E-state index in [2.05, 4.69) is 10.1 Å². The van der Waals surface area contributed by atoms with Crippen LogP contribution in [0.1, 0.15) is 36.6 Å². The van der Waals surface area contributed by atoms with E-state index in [0.717, 1.165) is 35.7 Å². The number of ether oxygens (including phenoxy) is 1. The average molecular weight is 309 g/mol. The summed E-state index contributed by atoms with van der Waals surface area (Å²) < 4.78 is 7.74. The van der Waals surface area contributed by atoms with Gasteiger partial charge in [-0.15, -0.1) is 0 Å². The molecule has 0 spiro atoms. The van der Waals surface area contributed by atoms with E-state index in [1.807, 2.05) is 37.6 Å². The predicted molar refractivity (Wildman–Crippen MR) is 83.5 cm³/mol. The Bertz CT molecular complexity index is 624. The van der Waals surface area contributed by atoms with Gasteiger partial charge in [-0.05, 0) is 32.4 Å². The summed E-state index contributed by atoms with van der Waals surface area (Å²) in [7, 11) is 0. The molecule has 21 heavy (non-hydrogen) atoms. The van der Waals surface area contributed by atoms with Gasteiger partial charge in [-0.3, -0.25) is 9.67 Å². The van der Waals surface area contributed by atoms with Crippen LogP contribution in [0, 0.1) is 6.92 Å². The number of halogens is 1. The number of hydrogen-bond acceptors (Lipinski definition) is 4. The normalized spacial score (nSPS) is 10.9. The minimum atomic E-state index is 0.345. The zero-order valence-corrected chi connectivity index (χ0v) is 13.4. The topological polar surface area (TPSA) is 66.0 Å². The van der Waals surface area contributed by atoms with Crippen molar-refractivity contribution in [1.82, 2.24) is 14.8 Å². The largest absolute Gasteiger partial charge is 0.485 e. The van der Waals surface area contributed by atoms with Gasteiger partial charge in [0.1, 0.15) is 12.4 Å². The number of hydrogen-bond donors (Lipinski definition) is 1. The Kier molecular flexibility index (Phi) is 5.20. The Hall–Kier alpha value is -1.59. The number of nitrogens with zero attached hydrogens (tertiary/aromatic N) is 3. The number of aryl methyl sites for hydroxylation is 3. The Labute approximate surface area is 130 Å². The van der Waals surface area contributed by atoms with Crippen molar-refractivity contribution in [3.63, 3.8) is 0 Å². The summed E-state index contributed by atoms with van der Waals surface area (Å²) in [6.07, 6.45) is 0.805. The monoisotopic (exact) mass is 308 g/mol. The lowest BCUT2D eigenvalue weighted by Gasteiger charge is -2.11. The molecule has 0 fully saturated rings. The molecule has 2 N–H and O–H groups in total. The van der Waals surface area contributed by atoms with Crippen LogP contribution < -0.4 is 10.5 Å². The number of rotatable bonds is 6. The molecule has 6 heteroatoms. The van der Waals surface area contributed by atoms with E-state index >= 15 is 0 Å². The summed E-state index contributed by atoms with van der Waals surface area (Å²) >= 11 is 6.37. The molecule has 5 nitrogen and oxygen atoms in total. The summed E-state index contributed by atoms with van der Waals surface area (Å²) in [5.41, 5.74) is 9.18. The van der Waals surface area contributed by atoms with Gasteiger partial charge in [0.05, 0.1) is 22.1 Å². The molecule has 2 aromatic rings. The molecule has 0 amide bonds. The van der Waals surface area contributed by atoms with Gasteiger partial charge in [-0.2, -0.15) is 5.10 Å². The molecule has 0 saturated carbocycles. The van der Waals surface area contributed by atoms with Gasteiger partial charge in [0.15, 0.2) is 0 Å². The van der Waals surface area contributed by atoms with Crippen molar-refractivity contribution in [2.24, 2.45) is 5.73 Å². The SMILES string of the molecule is CCc1nn(CC)c(COc2ccc(C)nc2CN)c1Cl. The molecule has 0 aliphatic carbocycles. The molecule has 0 unspecified atom stereocenters. The quantitative estimate of drug-likeness (QED) is 0.891. The number of aromatic nitrogens is 3. The molecular weight excluding hydrogens is 288 g/mol. The van der Waals surface area contributed by atoms with Crippen molar-refractivity contribution in [2.45, 2.75) is 46.9 Å². The molecule has 0 aliphatic heterocycles. The summed E-state index contributed by atoms with van der Waals surface area (Å²) in [5, 5.41) is 5.17. The molecule has 0 atom stereocenters. The lowest BCUT2D eigenvalue weighted by Crippen LogP contribution is -2.09. The maximum absolute atomic E-state index is 6.37. The lowest BCUT2D eigenvalue weighted by atomic mass is 10.3. The summed E-state index contributed by atoms with van der Waals surface area (Å²) in [6.45, 7) is 7.46. The first-order chi connectivity index (χ1) is 10.1. The highest BCUT2D eigenvalue weighted by molar-refractivity contribution is 6.31. The van der Waals surface area contributed by atoms with E-state index in [-0.39, 0.29) is 0 Å². The fourth-order valence-corrected chi connectivity index (χ4v) is 2.50. The third-order valence-corrected chi connectivity index (χ3v) is 3.76. The Morgan fingerprint density at radius 3 is 2.67 bits per heavy atom. The zero-order chi connectivity index (χ0) is 15.4. The maximum atomic E-state index is 6.37. The highest BCUT2D eigenvalue weighted by atomic mass is 35.5. The van der Waals surface area contributed by atoms with Crippen molar-refractivity contribution in [2.75, 3.05) is 0 Å². The number of pyridine rings is 1. The predicted octanol–water partition coefficient (Wildman–Crippen LogP) is 2.86. The van der Waals surface area contributed by atoms with Crippen molar-refractivity contribution in [3.8, 4) is 5.75 Å². The van der Waals surface area contributed by atoms with Crippen LogP contribution in [0.2, 0.25) is 5.02 Å². The van der Waals surface area contributed by atoms with Crippen molar-refractivity contribution in [3.05, 3.63) is 39.9 Å². The van der Waals surface area contributed by atoms with E-state index in [1.54, 1.807) is 0 Å². The highest BCUT2D eigenvalue weighted by Gasteiger charge is 2.15. The number of nitrogens with two attached hydrogens (primary N) is 1. The molecule has 0 saturated heterocycles. The molecule has 0 aromatic carbocycles. The Balaban J connectivity index is 2.22. The zero-order valence-electron chi connectivity index (χ0n) is 12.7. The van der Waals surface area contributed by atoms with E-state index in [4.69, 9.17) is 22.1 Å². The second-order valence-electron chi connectivity index (χ2n) is 4.77. The smallest absolute Gasteiger partial charge is 0.142 e. The van der Waals surface area contributed by atoms with Gasteiger partial charge in [0, 0.05) is 18.8 Å². The molecule has 2 heterocycles. The highest BCUT2D eigenvalue weighted by Crippen LogP contribution is 2.24. The molecule has 2 aromatic heterocycles. The van der Waals surface area contributed by atoms with Crippen LogP contribution in [0.5, 0.6) is 5.75 Å². The van der Waals surface area contributed by atoms with Gasteiger partial charge >= 0.3 is 0 Å². The first kappa shape index (κ1) is 15.8. The fourth-order valence-electron chi connectivity index (χ4n) is 2.18. The second-order valence-corrected chi connectivity index (χ2v) is 5.14. The summed E-state index contributed by atoms with van der Waals surface area (Å²) in [5.74, 6) is 0.695. The molecule has 2 rings (SSSR count). The van der Waals surface area contributed by atoms with Crippen LogP contribution in [-0.2, 0) is 26.1 Å². The van der Waals surface area contributed by atoms with Crippen LogP contribution in [-0.4, -0.2) is 14.8 Å². The molecule has 0 radical (unpaired) electrons. The van der Waals surface area contributed by atoms with Crippen molar-refractivity contribution >= 4 is 11.6 Å². The van der Waals surface area contributed by atoms with Crippen LogP contribution in [0.4, 0.5) is 0 Å². The van der Waals surface area contributed by atoms with E-state index in [9.17, 15) is 0 Å². The second kappa shape index (κ2) is 6.91. The van der Waals surface area contributed by atoms with E-state index in [0.29, 0.717) is 23.9 Å². The fraction of sp³-hybridized carbons (Fsp3) is 0.467.